The quantitative estimate of drug-likeness (QED) is 0.403. The third kappa shape index (κ3) is 4.49. The zero-order chi connectivity index (χ0) is 24.6. The van der Waals surface area contributed by atoms with Gasteiger partial charge in [-0.25, -0.2) is 17.8 Å². The van der Waals surface area contributed by atoms with Crippen LogP contribution in [0.5, 0.6) is 5.75 Å². The number of sulfonamides is 1. The molecule has 1 unspecified atom stereocenters. The van der Waals surface area contributed by atoms with Crippen LogP contribution in [0.15, 0.2) is 65.7 Å². The molecule has 2 N–H and O–H groups in total. The van der Waals surface area contributed by atoms with Crippen molar-refractivity contribution in [2.45, 2.75) is 17.7 Å². The highest BCUT2D eigenvalue weighted by molar-refractivity contribution is 7.89. The van der Waals surface area contributed by atoms with Gasteiger partial charge in [0.1, 0.15) is 30.1 Å². The fraction of sp³-hybridized carbons (Fsp3) is 0.250. The van der Waals surface area contributed by atoms with Gasteiger partial charge in [-0.1, -0.05) is 24.3 Å². The van der Waals surface area contributed by atoms with Crippen LogP contribution in [0.25, 0.3) is 16.9 Å². The molecule has 178 valence electrons. The second-order valence-electron chi connectivity index (χ2n) is 8.56. The lowest BCUT2D eigenvalue weighted by molar-refractivity contribution is 0.274. The van der Waals surface area contributed by atoms with Crippen molar-refractivity contribution in [2.24, 2.45) is 5.92 Å². The van der Waals surface area contributed by atoms with Gasteiger partial charge >= 0.3 is 0 Å². The van der Waals surface area contributed by atoms with Crippen molar-refractivity contribution in [2.75, 3.05) is 25.0 Å². The molecule has 1 fully saturated rings. The molecule has 8 nitrogen and oxygen atoms in total. The summed E-state index contributed by atoms with van der Waals surface area (Å²) in [7, 11) is 2.13. The van der Waals surface area contributed by atoms with E-state index >= 15 is 0 Å². The molecule has 1 saturated heterocycles. The molecular formula is C24H23BFN5O3S. The highest BCUT2D eigenvalue weighted by Crippen LogP contribution is 2.30. The van der Waals surface area contributed by atoms with E-state index in [-0.39, 0.29) is 23.1 Å². The molecule has 35 heavy (non-hydrogen) atoms. The number of hydrogen-bond acceptors (Lipinski definition) is 6. The van der Waals surface area contributed by atoms with Gasteiger partial charge in [0.2, 0.25) is 10.0 Å². The third-order valence-corrected chi connectivity index (χ3v) is 8.09. The molecule has 11 heteroatoms. The van der Waals surface area contributed by atoms with Gasteiger partial charge in [0, 0.05) is 37.5 Å². The van der Waals surface area contributed by atoms with Gasteiger partial charge in [0.25, 0.3) is 0 Å². The number of anilines is 1. The summed E-state index contributed by atoms with van der Waals surface area (Å²) in [5, 5.41) is 17.9. The predicted octanol–water partition coefficient (Wildman–Crippen LogP) is 2.55. The first kappa shape index (κ1) is 23.3. The van der Waals surface area contributed by atoms with Crippen LogP contribution in [0.2, 0.25) is 0 Å². The maximum Gasteiger partial charge on any atom is 0.245 e. The van der Waals surface area contributed by atoms with Crippen molar-refractivity contribution >= 4 is 34.8 Å². The van der Waals surface area contributed by atoms with Gasteiger partial charge < -0.3 is 10.4 Å². The largest absolute Gasteiger partial charge is 0.507 e. The second-order valence-corrected chi connectivity index (χ2v) is 10.5. The summed E-state index contributed by atoms with van der Waals surface area (Å²) in [5.41, 5.74) is 1.92. The number of phenolic OH excluding ortho intramolecular Hbond substituents is 1. The Morgan fingerprint density at radius 1 is 1.17 bits per heavy atom. The standard InChI is InChI=1S/C24H23BFN5O3S/c25-18-14-28-31-23(12-20(29-24(18)31)17-7-1-3-9-21(17)32)27-13-16-6-5-11-30(15-16)35(33,34)22-10-4-2-8-19(22)26/h1-4,7-10,12,14,16,27,32H,5-6,11,13,15H2. The van der Waals surface area contributed by atoms with Gasteiger partial charge in [-0.05, 0) is 48.5 Å². The lowest BCUT2D eigenvalue weighted by Gasteiger charge is -2.32. The molecular weight excluding hydrogens is 468 g/mol. The SMILES string of the molecule is [B]c1cnn2c(NCC3CCCN(S(=O)(=O)c4ccccc4F)C3)cc(-c3ccccc3O)nc12. The van der Waals surface area contributed by atoms with E-state index in [2.05, 4.69) is 15.4 Å². The van der Waals surface area contributed by atoms with E-state index in [0.717, 1.165) is 12.5 Å². The predicted molar refractivity (Wildman–Crippen MR) is 132 cm³/mol. The number of nitrogens with zero attached hydrogens (tertiary/aromatic N) is 4. The van der Waals surface area contributed by atoms with Crippen LogP contribution in [0.3, 0.4) is 0 Å². The maximum absolute atomic E-state index is 14.2. The molecule has 0 aliphatic carbocycles. The Kier molecular flexibility index (Phi) is 6.20. The zero-order valence-electron chi connectivity index (χ0n) is 18.8. The summed E-state index contributed by atoms with van der Waals surface area (Å²) in [4.78, 5) is 4.26. The van der Waals surface area contributed by atoms with Crippen molar-refractivity contribution < 1.29 is 17.9 Å². The Hall–Kier alpha value is -3.44. The summed E-state index contributed by atoms with van der Waals surface area (Å²) in [6, 6.07) is 14.1. The number of aromatic nitrogens is 3. The highest BCUT2D eigenvalue weighted by Gasteiger charge is 2.32. The van der Waals surface area contributed by atoms with Crippen molar-refractivity contribution in [1.29, 1.82) is 0 Å². The smallest absolute Gasteiger partial charge is 0.245 e. The Morgan fingerprint density at radius 3 is 2.74 bits per heavy atom. The first-order valence-corrected chi connectivity index (χ1v) is 12.7. The van der Waals surface area contributed by atoms with Crippen LogP contribution < -0.4 is 10.8 Å². The number of para-hydroxylation sites is 1. The first-order valence-electron chi connectivity index (χ1n) is 11.3. The van der Waals surface area contributed by atoms with Gasteiger partial charge in [0.05, 0.1) is 5.69 Å². The normalized spacial score (nSPS) is 17.0. The fourth-order valence-electron chi connectivity index (χ4n) is 4.39. The minimum atomic E-state index is -3.93. The van der Waals surface area contributed by atoms with Gasteiger partial charge in [-0.15, -0.1) is 0 Å². The molecule has 1 aliphatic heterocycles. The second kappa shape index (κ2) is 9.31. The zero-order valence-corrected chi connectivity index (χ0v) is 19.6. The molecule has 0 spiro atoms. The molecule has 0 saturated carbocycles. The summed E-state index contributed by atoms with van der Waals surface area (Å²) < 4.78 is 43.2. The number of phenols is 1. The number of nitrogens with one attached hydrogen (secondary N) is 1. The molecule has 2 aromatic heterocycles. The number of aromatic hydroxyl groups is 1. The number of halogens is 1. The van der Waals surface area contributed by atoms with Gasteiger partial charge in [0.15, 0.2) is 5.65 Å². The first-order chi connectivity index (χ1) is 16.8. The number of piperidine rings is 1. The third-order valence-electron chi connectivity index (χ3n) is 6.19. The number of benzene rings is 2. The summed E-state index contributed by atoms with van der Waals surface area (Å²) in [6.07, 6.45) is 2.99. The van der Waals surface area contributed by atoms with Crippen LogP contribution >= 0.6 is 0 Å². The Balaban J connectivity index is 1.39. The van der Waals surface area contributed by atoms with E-state index in [9.17, 15) is 17.9 Å². The number of rotatable bonds is 6. The van der Waals surface area contributed by atoms with Crippen LogP contribution in [0.1, 0.15) is 12.8 Å². The molecule has 5 rings (SSSR count). The van der Waals surface area contributed by atoms with Crippen LogP contribution in [-0.4, -0.2) is 59.9 Å². The summed E-state index contributed by atoms with van der Waals surface area (Å²) >= 11 is 0. The minimum absolute atomic E-state index is 0.00463. The molecule has 3 heterocycles. The average molecular weight is 491 g/mol. The summed E-state index contributed by atoms with van der Waals surface area (Å²) in [5.74, 6) is -0.0522. The van der Waals surface area contributed by atoms with E-state index in [1.165, 1.54) is 28.7 Å². The van der Waals surface area contributed by atoms with Crippen molar-refractivity contribution in [1.82, 2.24) is 18.9 Å². The Bertz CT molecular complexity index is 1490. The molecule has 2 radical (unpaired) electrons. The highest BCUT2D eigenvalue weighted by atomic mass is 32.2. The van der Waals surface area contributed by atoms with Crippen molar-refractivity contribution in [3.8, 4) is 17.0 Å². The number of hydrogen-bond donors (Lipinski definition) is 2. The van der Waals surface area contributed by atoms with E-state index in [1.54, 1.807) is 34.8 Å². The van der Waals surface area contributed by atoms with Crippen LogP contribution in [0.4, 0.5) is 10.2 Å². The fourth-order valence-corrected chi connectivity index (χ4v) is 6.01. The van der Waals surface area contributed by atoms with E-state index in [4.69, 9.17) is 7.85 Å². The Morgan fingerprint density at radius 2 is 1.94 bits per heavy atom. The van der Waals surface area contributed by atoms with E-state index in [1.807, 2.05) is 0 Å². The molecule has 2 aromatic carbocycles. The van der Waals surface area contributed by atoms with E-state index in [0.29, 0.717) is 47.7 Å². The van der Waals surface area contributed by atoms with Crippen molar-refractivity contribution in [3.05, 3.63) is 66.6 Å². The lowest BCUT2D eigenvalue weighted by atomic mass is 9.99. The monoisotopic (exact) mass is 491 g/mol. The molecule has 0 amide bonds. The topological polar surface area (TPSA) is 99.8 Å². The van der Waals surface area contributed by atoms with Crippen LogP contribution in [-0.2, 0) is 10.0 Å². The average Bonchev–Trinajstić information content (AvgIpc) is 3.24. The molecule has 1 aliphatic rings. The van der Waals surface area contributed by atoms with Gasteiger partial charge in [-0.3, -0.25) is 0 Å². The van der Waals surface area contributed by atoms with Crippen molar-refractivity contribution in [3.63, 3.8) is 0 Å². The molecule has 1 atom stereocenters. The lowest BCUT2D eigenvalue weighted by Crippen LogP contribution is -2.42. The maximum atomic E-state index is 14.2. The number of fused-ring (bicyclic) bond motifs is 1. The molecule has 0 bridgehead atoms. The van der Waals surface area contributed by atoms with Gasteiger partial charge in [-0.2, -0.15) is 13.9 Å². The van der Waals surface area contributed by atoms with Crippen LogP contribution in [0, 0.1) is 11.7 Å². The van der Waals surface area contributed by atoms with E-state index < -0.39 is 15.8 Å². The molecule has 4 aromatic rings. The summed E-state index contributed by atoms with van der Waals surface area (Å²) in [6.45, 7) is 1.08. The minimum Gasteiger partial charge on any atom is -0.507 e. The Labute approximate surface area is 203 Å².